The van der Waals surface area contributed by atoms with Gasteiger partial charge in [0.15, 0.2) is 0 Å². The van der Waals surface area contributed by atoms with Crippen LogP contribution in [0.4, 0.5) is 0 Å². The number of β-lactam (4-membered cyclic amide) rings is 1. The van der Waals surface area contributed by atoms with Crippen molar-refractivity contribution >= 4 is 35.5 Å². The Balaban J connectivity index is 2.19. The van der Waals surface area contributed by atoms with E-state index in [1.165, 1.54) is 18.7 Å². The number of hydrogen-bond donors (Lipinski definition) is 2. The summed E-state index contributed by atoms with van der Waals surface area (Å²) in [7, 11) is 0. The van der Waals surface area contributed by atoms with Gasteiger partial charge in [0.05, 0.1) is 0 Å². The highest BCUT2D eigenvalue weighted by Crippen LogP contribution is 2.40. The Hall–Kier alpha value is -2.03. The second-order valence-corrected chi connectivity index (χ2v) is 5.95. The van der Waals surface area contributed by atoms with E-state index in [2.05, 4.69) is 5.32 Å². The van der Waals surface area contributed by atoms with E-state index >= 15 is 0 Å². The molecule has 0 radical (unpaired) electrons. The summed E-state index contributed by atoms with van der Waals surface area (Å²) >= 11 is 1.34. The van der Waals surface area contributed by atoms with Crippen LogP contribution in [0.15, 0.2) is 11.3 Å². The van der Waals surface area contributed by atoms with Crippen molar-refractivity contribution in [3.05, 3.63) is 11.3 Å². The Kier molecular flexibility index (Phi) is 4.74. The van der Waals surface area contributed by atoms with Gasteiger partial charge in [-0.25, -0.2) is 4.79 Å². The van der Waals surface area contributed by atoms with Crippen LogP contribution < -0.4 is 5.32 Å². The molecule has 2 heterocycles. The molecule has 2 aliphatic rings. The fourth-order valence-corrected chi connectivity index (χ4v) is 3.59. The largest absolute Gasteiger partial charge is 0.477 e. The van der Waals surface area contributed by atoms with E-state index in [1.54, 1.807) is 6.92 Å². The van der Waals surface area contributed by atoms with Crippen LogP contribution in [-0.2, 0) is 23.9 Å². The van der Waals surface area contributed by atoms with E-state index in [0.29, 0.717) is 11.3 Å². The second-order valence-electron chi connectivity index (χ2n) is 4.85. The zero-order valence-electron chi connectivity index (χ0n) is 12.1. The highest BCUT2D eigenvalue weighted by Gasteiger charge is 2.54. The predicted molar refractivity (Wildman–Crippen MR) is 76.6 cm³/mol. The summed E-state index contributed by atoms with van der Waals surface area (Å²) in [6, 6.07) is -0.706. The van der Waals surface area contributed by atoms with E-state index in [0.717, 1.165) is 4.90 Å². The van der Waals surface area contributed by atoms with Crippen molar-refractivity contribution in [3.63, 3.8) is 0 Å². The Morgan fingerprint density at radius 3 is 2.68 bits per heavy atom. The van der Waals surface area contributed by atoms with Crippen LogP contribution in [0.1, 0.15) is 20.3 Å². The molecule has 8 nitrogen and oxygen atoms in total. The minimum absolute atomic E-state index is 0.156. The molecule has 2 aliphatic heterocycles. The number of carbonyl (C=O) groups excluding carboxylic acids is 3. The number of nitrogens with one attached hydrogen (secondary N) is 1. The van der Waals surface area contributed by atoms with Crippen molar-refractivity contribution in [2.75, 3.05) is 12.4 Å². The van der Waals surface area contributed by atoms with E-state index in [-0.39, 0.29) is 24.6 Å². The second kappa shape index (κ2) is 6.39. The number of rotatable bonds is 5. The minimum atomic E-state index is -1.25. The van der Waals surface area contributed by atoms with Gasteiger partial charge in [-0.3, -0.25) is 19.3 Å². The zero-order chi connectivity index (χ0) is 16.4. The molecule has 0 unspecified atom stereocenters. The molecule has 2 atom stereocenters. The van der Waals surface area contributed by atoms with Gasteiger partial charge in [-0.15, -0.1) is 11.8 Å². The molecule has 2 N–H and O–H groups in total. The summed E-state index contributed by atoms with van der Waals surface area (Å²) < 4.78 is 4.83. The lowest BCUT2D eigenvalue weighted by Crippen LogP contribution is -2.70. The number of carbonyl (C=O) groups is 4. The van der Waals surface area contributed by atoms with E-state index in [1.807, 2.05) is 0 Å². The highest BCUT2D eigenvalue weighted by atomic mass is 32.2. The van der Waals surface area contributed by atoms with Crippen LogP contribution >= 0.6 is 11.8 Å². The average molecular weight is 328 g/mol. The van der Waals surface area contributed by atoms with Crippen molar-refractivity contribution < 1.29 is 29.0 Å². The van der Waals surface area contributed by atoms with Gasteiger partial charge in [0, 0.05) is 24.7 Å². The standard InChI is InChI=1S/C13H16N2O6S/c1-3-8(17)14-9-11(18)15-10(13(19)20)7(4-21-6(2)16)5-22-12(9)15/h9,12H,3-5H2,1-2H3,(H,14,17)(H,19,20)/t9-,12+/m1/s1. The fraction of sp³-hybridized carbons (Fsp3) is 0.538. The molecule has 1 saturated heterocycles. The van der Waals surface area contributed by atoms with Crippen LogP contribution in [0, 0.1) is 0 Å². The summed E-state index contributed by atoms with van der Waals surface area (Å²) in [5.41, 5.74) is 0.217. The highest BCUT2D eigenvalue weighted by molar-refractivity contribution is 8.00. The first-order chi connectivity index (χ1) is 10.4. The molecule has 0 saturated carbocycles. The van der Waals surface area contributed by atoms with Gasteiger partial charge in [0.1, 0.15) is 23.7 Å². The first kappa shape index (κ1) is 16.3. The molecule has 0 aromatic carbocycles. The number of nitrogens with zero attached hydrogens (tertiary/aromatic N) is 1. The van der Waals surface area contributed by atoms with Crippen molar-refractivity contribution in [3.8, 4) is 0 Å². The van der Waals surface area contributed by atoms with Gasteiger partial charge in [-0.05, 0) is 0 Å². The third-order valence-corrected chi connectivity index (χ3v) is 4.68. The molecule has 0 spiro atoms. The first-order valence-electron chi connectivity index (χ1n) is 6.69. The SMILES string of the molecule is CCC(=O)N[C@@H]1C(=O)N2C(C(=O)O)=C(COC(C)=O)CS[C@@H]12. The van der Waals surface area contributed by atoms with E-state index in [9.17, 15) is 24.3 Å². The lowest BCUT2D eigenvalue weighted by Gasteiger charge is -2.49. The number of carboxylic acids is 1. The Bertz CT molecular complexity index is 573. The molecule has 120 valence electrons. The molecule has 0 bridgehead atoms. The summed E-state index contributed by atoms with van der Waals surface area (Å²) in [4.78, 5) is 47.0. The van der Waals surface area contributed by atoms with Gasteiger partial charge in [-0.2, -0.15) is 0 Å². The Labute approximate surface area is 130 Å². The first-order valence-corrected chi connectivity index (χ1v) is 7.74. The molecule has 2 amide bonds. The lowest BCUT2D eigenvalue weighted by molar-refractivity contribution is -0.151. The molecule has 22 heavy (non-hydrogen) atoms. The molecule has 2 rings (SSSR count). The maximum atomic E-state index is 12.1. The molecule has 9 heteroatoms. The normalized spacial score (nSPS) is 23.5. The summed E-state index contributed by atoms with van der Waals surface area (Å²) in [5, 5.41) is 11.5. The Morgan fingerprint density at radius 1 is 1.45 bits per heavy atom. The predicted octanol–water partition coefficient (Wildman–Crippen LogP) is -0.302. The molecule has 0 aromatic rings. The van der Waals surface area contributed by atoms with E-state index in [4.69, 9.17) is 4.74 Å². The van der Waals surface area contributed by atoms with Gasteiger partial charge in [-0.1, -0.05) is 6.92 Å². The zero-order valence-corrected chi connectivity index (χ0v) is 12.9. The number of esters is 1. The van der Waals surface area contributed by atoms with Gasteiger partial charge in [0.25, 0.3) is 5.91 Å². The van der Waals surface area contributed by atoms with Crippen molar-refractivity contribution in [2.45, 2.75) is 31.7 Å². The van der Waals surface area contributed by atoms with E-state index < -0.39 is 29.3 Å². The Morgan fingerprint density at radius 2 is 2.14 bits per heavy atom. The number of carboxylic acid groups (broad SMARTS) is 1. The molecule has 0 aliphatic carbocycles. The number of ether oxygens (including phenoxy) is 1. The number of hydrogen-bond acceptors (Lipinski definition) is 6. The minimum Gasteiger partial charge on any atom is -0.477 e. The summed E-state index contributed by atoms with van der Waals surface area (Å²) in [5.74, 6) is -2.17. The summed E-state index contributed by atoms with van der Waals surface area (Å²) in [6.45, 7) is 2.74. The number of aliphatic carboxylic acids is 1. The molecular formula is C13H16N2O6S. The third-order valence-electron chi connectivity index (χ3n) is 3.34. The molecular weight excluding hydrogens is 312 g/mol. The van der Waals surface area contributed by atoms with Crippen LogP contribution in [0.3, 0.4) is 0 Å². The number of fused-ring (bicyclic) bond motifs is 1. The van der Waals surface area contributed by atoms with Gasteiger partial charge < -0.3 is 15.2 Å². The average Bonchev–Trinajstić information content (AvgIpc) is 2.48. The van der Waals surface area contributed by atoms with Crippen LogP contribution in [-0.4, -0.2) is 57.5 Å². The maximum absolute atomic E-state index is 12.1. The van der Waals surface area contributed by atoms with Crippen LogP contribution in [0.5, 0.6) is 0 Å². The van der Waals surface area contributed by atoms with Crippen LogP contribution in [0.25, 0.3) is 0 Å². The van der Waals surface area contributed by atoms with Crippen molar-refractivity contribution in [2.24, 2.45) is 0 Å². The van der Waals surface area contributed by atoms with Crippen molar-refractivity contribution in [1.29, 1.82) is 0 Å². The smallest absolute Gasteiger partial charge is 0.352 e. The topological polar surface area (TPSA) is 113 Å². The number of amides is 2. The fourth-order valence-electron chi connectivity index (χ4n) is 2.26. The van der Waals surface area contributed by atoms with Gasteiger partial charge in [0.2, 0.25) is 5.91 Å². The monoisotopic (exact) mass is 328 g/mol. The third kappa shape index (κ3) is 2.94. The van der Waals surface area contributed by atoms with Gasteiger partial charge >= 0.3 is 11.9 Å². The van der Waals surface area contributed by atoms with Crippen LogP contribution in [0.2, 0.25) is 0 Å². The lowest BCUT2D eigenvalue weighted by atomic mass is 10.0. The quantitative estimate of drug-likeness (QED) is 0.526. The number of thioether (sulfide) groups is 1. The maximum Gasteiger partial charge on any atom is 0.352 e. The molecule has 0 aromatic heterocycles. The molecule has 1 fully saturated rings. The van der Waals surface area contributed by atoms with Crippen molar-refractivity contribution in [1.82, 2.24) is 10.2 Å². The summed E-state index contributed by atoms with van der Waals surface area (Å²) in [6.07, 6.45) is 0.250.